The summed E-state index contributed by atoms with van der Waals surface area (Å²) in [6.45, 7) is 12.4. The van der Waals surface area contributed by atoms with Gasteiger partial charge < -0.3 is 20.0 Å². The zero-order valence-corrected chi connectivity index (χ0v) is 23.2. The minimum Gasteiger partial charge on any atom is -0.444 e. The molecule has 0 aliphatic carbocycles. The normalized spacial score (nSPS) is 13.3. The standard InChI is InChI=1S/C31H38N2O5/c1-29(2,3)24-17-13-22(14-18-24)23-15-19-26(20-16-23)38-33(25-11-9-8-10-12-25)27(35)31(7,21-34)32-28(36)37-30(4,5)6/h8-20,34H,21H2,1-7H3,(H,32,36). The number of ether oxygens (including phenoxy) is 1. The molecule has 1 atom stereocenters. The number of aliphatic hydroxyl groups is 1. The summed E-state index contributed by atoms with van der Waals surface area (Å²) in [6.07, 6.45) is -0.822. The average Bonchev–Trinajstić information content (AvgIpc) is 2.86. The van der Waals surface area contributed by atoms with Gasteiger partial charge in [-0.25, -0.2) is 4.79 Å². The Morgan fingerprint density at radius 2 is 1.32 bits per heavy atom. The molecule has 0 aliphatic heterocycles. The van der Waals surface area contributed by atoms with E-state index in [1.807, 2.05) is 18.2 Å². The number of rotatable bonds is 7. The van der Waals surface area contributed by atoms with Crippen molar-refractivity contribution < 1.29 is 24.3 Å². The summed E-state index contributed by atoms with van der Waals surface area (Å²) in [7, 11) is 0. The highest BCUT2D eigenvalue weighted by Crippen LogP contribution is 2.28. The van der Waals surface area contributed by atoms with Crippen molar-refractivity contribution in [2.24, 2.45) is 0 Å². The smallest absolute Gasteiger partial charge is 0.408 e. The second-order valence-corrected chi connectivity index (χ2v) is 11.5. The van der Waals surface area contributed by atoms with Crippen molar-refractivity contribution >= 4 is 17.7 Å². The number of anilines is 1. The van der Waals surface area contributed by atoms with Crippen LogP contribution in [0.25, 0.3) is 11.1 Å². The fourth-order valence-electron chi connectivity index (χ4n) is 3.66. The average molecular weight is 519 g/mol. The van der Waals surface area contributed by atoms with Gasteiger partial charge in [-0.05, 0) is 74.1 Å². The summed E-state index contributed by atoms with van der Waals surface area (Å²) in [5.41, 5.74) is 1.36. The van der Waals surface area contributed by atoms with Crippen molar-refractivity contribution in [2.75, 3.05) is 11.7 Å². The number of carbonyl (C=O) groups excluding carboxylic acids is 2. The Labute approximate surface area is 225 Å². The van der Waals surface area contributed by atoms with Gasteiger partial charge in [0.05, 0.1) is 12.3 Å². The lowest BCUT2D eigenvalue weighted by molar-refractivity contribution is -0.130. The topological polar surface area (TPSA) is 88.1 Å². The first-order valence-electron chi connectivity index (χ1n) is 12.6. The monoisotopic (exact) mass is 518 g/mol. The van der Waals surface area contributed by atoms with E-state index in [0.717, 1.165) is 16.2 Å². The van der Waals surface area contributed by atoms with E-state index in [4.69, 9.17) is 9.57 Å². The molecule has 2 N–H and O–H groups in total. The molecule has 0 radical (unpaired) electrons. The van der Waals surface area contributed by atoms with Crippen LogP contribution in [0, 0.1) is 0 Å². The lowest BCUT2D eigenvalue weighted by Crippen LogP contribution is -2.61. The zero-order chi connectivity index (χ0) is 28.1. The number of aliphatic hydroxyl groups excluding tert-OH is 1. The maximum Gasteiger partial charge on any atom is 0.408 e. The van der Waals surface area contributed by atoms with Crippen LogP contribution >= 0.6 is 0 Å². The SMILES string of the molecule is CC(C)(C)OC(=O)NC(C)(CO)C(=O)N(Oc1ccc(-c2ccc(C(C)(C)C)cc2)cc1)c1ccccc1. The van der Waals surface area contributed by atoms with Crippen LogP contribution in [0.15, 0.2) is 78.9 Å². The molecule has 0 heterocycles. The molecular weight excluding hydrogens is 480 g/mol. The first kappa shape index (κ1) is 28.7. The Morgan fingerprint density at radius 3 is 1.79 bits per heavy atom. The second-order valence-electron chi connectivity index (χ2n) is 11.5. The first-order chi connectivity index (χ1) is 17.7. The highest BCUT2D eigenvalue weighted by molar-refractivity contribution is 6.00. The van der Waals surface area contributed by atoms with Crippen LogP contribution in [0.1, 0.15) is 54.0 Å². The highest BCUT2D eigenvalue weighted by atomic mass is 16.7. The minimum absolute atomic E-state index is 0.0745. The third kappa shape index (κ3) is 7.35. The Kier molecular flexibility index (Phi) is 8.52. The van der Waals surface area contributed by atoms with Gasteiger partial charge in [-0.1, -0.05) is 75.4 Å². The van der Waals surface area contributed by atoms with Crippen molar-refractivity contribution in [3.05, 3.63) is 84.4 Å². The molecule has 0 aromatic heterocycles. The third-order valence-corrected chi connectivity index (χ3v) is 5.88. The van der Waals surface area contributed by atoms with Crippen molar-refractivity contribution in [3.63, 3.8) is 0 Å². The van der Waals surface area contributed by atoms with Crippen molar-refractivity contribution in [1.82, 2.24) is 5.32 Å². The van der Waals surface area contributed by atoms with E-state index < -0.39 is 29.7 Å². The Balaban J connectivity index is 1.86. The zero-order valence-electron chi connectivity index (χ0n) is 23.2. The molecule has 7 heteroatoms. The van der Waals surface area contributed by atoms with Gasteiger partial charge in [0.15, 0.2) is 5.75 Å². The highest BCUT2D eigenvalue weighted by Gasteiger charge is 2.41. The molecule has 3 rings (SSSR count). The molecule has 202 valence electrons. The number of alkyl carbamates (subject to hydrolysis) is 1. The van der Waals surface area contributed by atoms with E-state index in [-0.39, 0.29) is 5.41 Å². The van der Waals surface area contributed by atoms with E-state index in [1.165, 1.54) is 12.5 Å². The summed E-state index contributed by atoms with van der Waals surface area (Å²) >= 11 is 0. The number of para-hydroxylation sites is 1. The second kappa shape index (κ2) is 11.3. The number of hydroxylamine groups is 1. The van der Waals surface area contributed by atoms with Gasteiger partial charge in [0.25, 0.3) is 5.91 Å². The quantitative estimate of drug-likeness (QED) is 0.361. The van der Waals surface area contributed by atoms with E-state index in [9.17, 15) is 14.7 Å². The van der Waals surface area contributed by atoms with Gasteiger partial charge in [0.2, 0.25) is 0 Å². The van der Waals surface area contributed by atoms with Gasteiger partial charge >= 0.3 is 6.09 Å². The van der Waals surface area contributed by atoms with E-state index >= 15 is 0 Å². The Hall–Kier alpha value is -3.84. The number of nitrogens with one attached hydrogen (secondary N) is 1. The molecule has 0 saturated carbocycles. The van der Waals surface area contributed by atoms with Crippen LogP contribution in [-0.2, 0) is 14.9 Å². The minimum atomic E-state index is -1.70. The van der Waals surface area contributed by atoms with Crippen molar-refractivity contribution in [3.8, 4) is 16.9 Å². The molecule has 0 bridgehead atoms. The van der Waals surface area contributed by atoms with Crippen LogP contribution in [0.5, 0.6) is 5.75 Å². The van der Waals surface area contributed by atoms with Crippen molar-refractivity contribution in [2.45, 2.75) is 65.0 Å². The van der Waals surface area contributed by atoms with Crippen molar-refractivity contribution in [1.29, 1.82) is 0 Å². The van der Waals surface area contributed by atoms with Crippen LogP contribution in [-0.4, -0.2) is 34.9 Å². The number of nitrogens with zero attached hydrogens (tertiary/aromatic N) is 1. The van der Waals surface area contributed by atoms with E-state index in [0.29, 0.717) is 11.4 Å². The summed E-state index contributed by atoms with van der Waals surface area (Å²) in [5, 5.41) is 13.7. The molecule has 0 spiro atoms. The van der Waals surface area contributed by atoms with Gasteiger partial charge in [0, 0.05) is 0 Å². The molecular formula is C31H38N2O5. The van der Waals surface area contributed by atoms with Crippen LogP contribution < -0.4 is 15.2 Å². The Bertz CT molecular complexity index is 1230. The fraction of sp³-hybridized carbons (Fsp3) is 0.355. The van der Waals surface area contributed by atoms with Gasteiger partial charge in [0.1, 0.15) is 11.1 Å². The summed E-state index contributed by atoms with van der Waals surface area (Å²) in [6, 6.07) is 24.6. The van der Waals surface area contributed by atoms with Crippen LogP contribution in [0.3, 0.4) is 0 Å². The molecule has 3 aromatic carbocycles. The molecule has 2 amide bonds. The number of hydrogen-bond donors (Lipinski definition) is 2. The number of carbonyl (C=O) groups is 2. The lowest BCUT2D eigenvalue weighted by atomic mass is 9.86. The molecule has 1 unspecified atom stereocenters. The fourth-order valence-corrected chi connectivity index (χ4v) is 3.66. The summed E-state index contributed by atoms with van der Waals surface area (Å²) < 4.78 is 5.30. The third-order valence-electron chi connectivity index (χ3n) is 5.88. The first-order valence-corrected chi connectivity index (χ1v) is 12.6. The number of hydrogen-bond acceptors (Lipinski definition) is 5. The number of benzene rings is 3. The largest absolute Gasteiger partial charge is 0.444 e. The predicted octanol–water partition coefficient (Wildman–Crippen LogP) is 6.25. The maximum absolute atomic E-state index is 13.7. The van der Waals surface area contributed by atoms with Gasteiger partial charge in [-0.2, -0.15) is 0 Å². The summed E-state index contributed by atoms with van der Waals surface area (Å²) in [5.74, 6) is -0.256. The molecule has 38 heavy (non-hydrogen) atoms. The van der Waals surface area contributed by atoms with Crippen LogP contribution in [0.2, 0.25) is 0 Å². The van der Waals surface area contributed by atoms with E-state index in [2.05, 4.69) is 50.4 Å². The van der Waals surface area contributed by atoms with Gasteiger partial charge in [-0.3, -0.25) is 4.79 Å². The lowest BCUT2D eigenvalue weighted by Gasteiger charge is -2.33. The van der Waals surface area contributed by atoms with Crippen LogP contribution in [0.4, 0.5) is 10.5 Å². The molecule has 0 saturated heterocycles. The molecule has 0 fully saturated rings. The van der Waals surface area contributed by atoms with Gasteiger partial charge in [-0.15, -0.1) is 5.06 Å². The number of amides is 2. The molecule has 0 aliphatic rings. The Morgan fingerprint density at radius 1 is 0.789 bits per heavy atom. The van der Waals surface area contributed by atoms with E-state index in [1.54, 1.807) is 57.2 Å². The molecule has 7 nitrogen and oxygen atoms in total. The summed E-state index contributed by atoms with van der Waals surface area (Å²) in [4.78, 5) is 32.1. The predicted molar refractivity (Wildman–Crippen MR) is 150 cm³/mol. The maximum atomic E-state index is 13.7. The molecule has 3 aromatic rings.